The van der Waals surface area contributed by atoms with Crippen molar-refractivity contribution in [2.24, 2.45) is 0 Å². The normalized spacial score (nSPS) is 24.0. The van der Waals surface area contributed by atoms with Crippen LogP contribution in [-0.2, 0) is 4.74 Å². The number of carbonyl (C=O) groups excluding carboxylic acids is 1. The molecule has 1 aliphatic rings. The number of pyridine rings is 1. The van der Waals surface area contributed by atoms with Gasteiger partial charge in [-0.3, -0.25) is 9.59 Å². The summed E-state index contributed by atoms with van der Waals surface area (Å²) in [5, 5.41) is 0. The minimum Gasteiger partial charge on any atom is -0.377 e. The maximum Gasteiger partial charge on any atom is 0.254 e. The quantitative estimate of drug-likeness (QED) is 0.852. The van der Waals surface area contributed by atoms with Crippen molar-refractivity contribution >= 4 is 5.91 Å². The number of nitrogens with zero attached hydrogens (tertiary/aromatic N) is 1. The zero-order chi connectivity index (χ0) is 13.2. The molecule has 5 heteroatoms. The lowest BCUT2D eigenvalue weighted by Gasteiger charge is -2.39. The fourth-order valence-corrected chi connectivity index (χ4v) is 2.31. The molecule has 98 valence electrons. The summed E-state index contributed by atoms with van der Waals surface area (Å²) in [6.45, 7) is 3.28. The molecule has 2 rings (SSSR count). The number of likely N-dealkylation sites (tertiary alicyclic amines) is 1. The molecule has 1 amide bonds. The molecule has 1 aliphatic heterocycles. The lowest BCUT2D eigenvalue weighted by atomic mass is 9.94. The fourth-order valence-electron chi connectivity index (χ4n) is 2.31. The van der Waals surface area contributed by atoms with E-state index in [0.717, 1.165) is 12.8 Å². The number of methoxy groups -OCH3 is 1. The summed E-state index contributed by atoms with van der Waals surface area (Å²) in [4.78, 5) is 27.7. The Kier molecular flexibility index (Phi) is 3.52. The maximum atomic E-state index is 12.3. The van der Waals surface area contributed by atoms with Crippen molar-refractivity contribution in [2.75, 3.05) is 20.2 Å². The maximum absolute atomic E-state index is 12.3. The number of aromatic amines is 1. The summed E-state index contributed by atoms with van der Waals surface area (Å²) in [5.41, 5.74) is -0.110. The zero-order valence-electron chi connectivity index (χ0n) is 10.7. The first-order valence-electron chi connectivity index (χ1n) is 6.07. The Morgan fingerprint density at radius 2 is 2.33 bits per heavy atom. The van der Waals surface area contributed by atoms with Crippen molar-refractivity contribution in [1.82, 2.24) is 9.88 Å². The van der Waals surface area contributed by atoms with Gasteiger partial charge in [0.05, 0.1) is 5.60 Å². The second-order valence-electron chi connectivity index (χ2n) is 4.93. The van der Waals surface area contributed by atoms with Gasteiger partial charge in [-0.1, -0.05) is 0 Å². The number of H-pyrrole nitrogens is 1. The number of hydrogen-bond acceptors (Lipinski definition) is 3. The van der Waals surface area contributed by atoms with Gasteiger partial charge in [-0.2, -0.15) is 0 Å². The summed E-state index contributed by atoms with van der Waals surface area (Å²) < 4.78 is 5.46. The number of rotatable bonds is 2. The molecular formula is C13H18N2O3. The van der Waals surface area contributed by atoms with Gasteiger partial charge in [-0.25, -0.2) is 0 Å². The van der Waals surface area contributed by atoms with Gasteiger partial charge >= 0.3 is 0 Å². The van der Waals surface area contributed by atoms with Crippen LogP contribution in [-0.4, -0.2) is 41.6 Å². The minimum absolute atomic E-state index is 0.107. The van der Waals surface area contributed by atoms with E-state index < -0.39 is 0 Å². The van der Waals surface area contributed by atoms with Crippen LogP contribution in [0, 0.1) is 0 Å². The highest BCUT2D eigenvalue weighted by Gasteiger charge is 2.33. The standard InChI is InChI=1S/C13H18N2O3/c1-13(18-2)5-3-7-15(9-13)12(17)10-4-6-14-11(16)8-10/h4,6,8H,3,5,7,9H2,1-2H3,(H,14,16). The summed E-state index contributed by atoms with van der Waals surface area (Å²) in [6, 6.07) is 2.96. The van der Waals surface area contributed by atoms with Crippen molar-refractivity contribution in [3.63, 3.8) is 0 Å². The lowest BCUT2D eigenvalue weighted by molar-refractivity contribution is -0.0440. The van der Waals surface area contributed by atoms with Crippen LogP contribution in [0.1, 0.15) is 30.1 Å². The molecule has 1 N–H and O–H groups in total. The molecule has 0 spiro atoms. The number of ether oxygens (including phenoxy) is 1. The van der Waals surface area contributed by atoms with Gasteiger partial charge in [0, 0.05) is 38.0 Å². The van der Waals surface area contributed by atoms with Crippen LogP contribution < -0.4 is 5.56 Å². The molecule has 1 saturated heterocycles. The summed E-state index contributed by atoms with van der Waals surface area (Å²) >= 11 is 0. The molecule has 0 aromatic carbocycles. The molecule has 5 nitrogen and oxygen atoms in total. The van der Waals surface area contributed by atoms with E-state index in [-0.39, 0.29) is 17.1 Å². The molecule has 0 saturated carbocycles. The number of aromatic nitrogens is 1. The van der Waals surface area contributed by atoms with Crippen molar-refractivity contribution < 1.29 is 9.53 Å². The van der Waals surface area contributed by atoms with Crippen molar-refractivity contribution in [2.45, 2.75) is 25.4 Å². The molecular weight excluding hydrogens is 232 g/mol. The van der Waals surface area contributed by atoms with Gasteiger partial charge in [-0.05, 0) is 25.8 Å². The first kappa shape index (κ1) is 12.8. The summed E-state index contributed by atoms with van der Waals surface area (Å²) in [5.74, 6) is -0.107. The van der Waals surface area contributed by atoms with Crippen LogP contribution in [0.5, 0.6) is 0 Å². The van der Waals surface area contributed by atoms with Crippen molar-refractivity contribution in [3.05, 3.63) is 34.2 Å². The van der Waals surface area contributed by atoms with Crippen molar-refractivity contribution in [3.8, 4) is 0 Å². The van der Waals surface area contributed by atoms with Crippen LogP contribution >= 0.6 is 0 Å². The summed E-state index contributed by atoms with van der Waals surface area (Å²) in [6.07, 6.45) is 3.36. The van der Waals surface area contributed by atoms with Crippen LogP contribution in [0.25, 0.3) is 0 Å². The van der Waals surface area contributed by atoms with Gasteiger partial charge in [0.1, 0.15) is 0 Å². The van der Waals surface area contributed by atoms with Crippen molar-refractivity contribution in [1.29, 1.82) is 0 Å². The van der Waals surface area contributed by atoms with E-state index in [2.05, 4.69) is 4.98 Å². The first-order valence-corrected chi connectivity index (χ1v) is 6.07. The Balaban J connectivity index is 2.17. The highest BCUT2D eigenvalue weighted by molar-refractivity contribution is 5.94. The minimum atomic E-state index is -0.283. The molecule has 1 unspecified atom stereocenters. The van der Waals surface area contributed by atoms with Gasteiger partial charge in [0.25, 0.3) is 5.91 Å². The third kappa shape index (κ3) is 2.61. The molecule has 18 heavy (non-hydrogen) atoms. The number of nitrogens with one attached hydrogen (secondary N) is 1. The number of hydrogen-bond donors (Lipinski definition) is 1. The predicted molar refractivity (Wildman–Crippen MR) is 67.6 cm³/mol. The Labute approximate surface area is 106 Å². The molecule has 0 bridgehead atoms. The van der Waals surface area contributed by atoms with Crippen LogP contribution in [0.2, 0.25) is 0 Å². The van der Waals surface area contributed by atoms with Crippen LogP contribution in [0.15, 0.2) is 23.1 Å². The smallest absolute Gasteiger partial charge is 0.254 e. The highest BCUT2D eigenvalue weighted by Crippen LogP contribution is 2.24. The Morgan fingerprint density at radius 3 is 3.00 bits per heavy atom. The average Bonchev–Trinajstić information content (AvgIpc) is 2.38. The van der Waals surface area contributed by atoms with E-state index in [9.17, 15) is 9.59 Å². The van der Waals surface area contributed by atoms with Gasteiger partial charge < -0.3 is 14.6 Å². The molecule has 1 fully saturated rings. The van der Waals surface area contributed by atoms with E-state index in [1.165, 1.54) is 12.3 Å². The second-order valence-corrected chi connectivity index (χ2v) is 4.93. The van der Waals surface area contributed by atoms with Gasteiger partial charge in [-0.15, -0.1) is 0 Å². The molecule has 0 aliphatic carbocycles. The van der Waals surface area contributed by atoms with Gasteiger partial charge in [0.2, 0.25) is 5.56 Å². The van der Waals surface area contributed by atoms with Crippen LogP contribution in [0.4, 0.5) is 0 Å². The zero-order valence-corrected chi connectivity index (χ0v) is 10.7. The lowest BCUT2D eigenvalue weighted by Crippen LogP contribution is -2.49. The van der Waals surface area contributed by atoms with Gasteiger partial charge in [0.15, 0.2) is 0 Å². The van der Waals surface area contributed by atoms with E-state index in [1.807, 2.05) is 6.92 Å². The third-order valence-electron chi connectivity index (χ3n) is 3.46. The molecule has 1 aromatic rings. The van der Waals surface area contributed by atoms with E-state index >= 15 is 0 Å². The Hall–Kier alpha value is -1.62. The number of piperidine rings is 1. The fraction of sp³-hybridized carbons (Fsp3) is 0.538. The monoisotopic (exact) mass is 250 g/mol. The van der Waals surface area contributed by atoms with E-state index in [0.29, 0.717) is 18.7 Å². The molecule has 2 heterocycles. The predicted octanol–water partition coefficient (Wildman–Crippen LogP) is 1.02. The summed E-state index contributed by atoms with van der Waals surface area (Å²) in [7, 11) is 1.67. The second kappa shape index (κ2) is 4.94. The Bertz CT molecular complexity index is 497. The molecule has 1 aromatic heterocycles. The third-order valence-corrected chi connectivity index (χ3v) is 3.46. The topological polar surface area (TPSA) is 62.4 Å². The number of amides is 1. The first-order chi connectivity index (χ1) is 8.54. The Morgan fingerprint density at radius 1 is 1.56 bits per heavy atom. The largest absolute Gasteiger partial charge is 0.377 e. The molecule has 0 radical (unpaired) electrons. The van der Waals surface area contributed by atoms with E-state index in [4.69, 9.17) is 4.74 Å². The molecule has 1 atom stereocenters. The highest BCUT2D eigenvalue weighted by atomic mass is 16.5. The van der Waals surface area contributed by atoms with Crippen LogP contribution in [0.3, 0.4) is 0 Å². The number of carbonyl (C=O) groups is 1. The average molecular weight is 250 g/mol. The SMILES string of the molecule is COC1(C)CCCN(C(=O)c2cc[nH]c(=O)c2)C1. The van der Waals surface area contributed by atoms with E-state index in [1.54, 1.807) is 18.1 Å².